The molecule has 0 aromatic heterocycles. The minimum Gasteiger partial charge on any atom is -0.497 e. The van der Waals surface area contributed by atoms with Crippen LogP contribution >= 0.6 is 0 Å². The predicted molar refractivity (Wildman–Crippen MR) is 123 cm³/mol. The number of hydrogen-bond acceptors (Lipinski definition) is 6. The van der Waals surface area contributed by atoms with Gasteiger partial charge in [-0.15, -0.1) is 0 Å². The Balaban J connectivity index is 1.93. The number of rotatable bonds is 8. The maximum Gasteiger partial charge on any atom is 0.323 e. The third-order valence-corrected chi connectivity index (χ3v) is 8.80. The molecule has 180 valence electrons. The highest BCUT2D eigenvalue weighted by atomic mass is 32.2. The summed E-state index contributed by atoms with van der Waals surface area (Å²) in [6.45, 7) is -0.0256. The lowest BCUT2D eigenvalue weighted by Crippen LogP contribution is -2.58. The molecule has 2 aromatic rings. The van der Waals surface area contributed by atoms with Crippen molar-refractivity contribution in [3.8, 4) is 5.75 Å². The Bertz CT molecular complexity index is 1150. The molecule has 0 saturated carbocycles. The second-order valence-electron chi connectivity index (χ2n) is 7.89. The fourth-order valence-corrected chi connectivity index (χ4v) is 7.02. The van der Waals surface area contributed by atoms with Crippen molar-refractivity contribution >= 4 is 26.0 Å². The molecule has 33 heavy (non-hydrogen) atoms. The van der Waals surface area contributed by atoms with Gasteiger partial charge in [-0.05, 0) is 42.7 Å². The number of ether oxygens (including phenoxy) is 1. The normalized spacial score (nSPS) is 20.5. The van der Waals surface area contributed by atoms with Crippen molar-refractivity contribution in [3.63, 3.8) is 0 Å². The molecule has 9 nitrogen and oxygen atoms in total. The van der Waals surface area contributed by atoms with Crippen molar-refractivity contribution in [2.24, 2.45) is 0 Å². The van der Waals surface area contributed by atoms with E-state index in [1.165, 1.54) is 31.4 Å². The summed E-state index contributed by atoms with van der Waals surface area (Å²) in [5.41, 5.74) is 0.547. The van der Waals surface area contributed by atoms with Gasteiger partial charge in [0.25, 0.3) is 0 Å². The Morgan fingerprint density at radius 2 is 1.70 bits per heavy atom. The van der Waals surface area contributed by atoms with Gasteiger partial charge >= 0.3 is 5.97 Å². The molecule has 1 aliphatic heterocycles. The van der Waals surface area contributed by atoms with Crippen LogP contribution in [0, 0.1) is 0 Å². The van der Waals surface area contributed by atoms with Crippen molar-refractivity contribution in [1.29, 1.82) is 0 Å². The van der Waals surface area contributed by atoms with Gasteiger partial charge in [0.05, 0.1) is 17.8 Å². The number of aliphatic carboxylic acids is 1. The van der Waals surface area contributed by atoms with E-state index in [9.17, 15) is 26.7 Å². The molecular formula is C22H28N2O7S2. The third kappa shape index (κ3) is 6.32. The van der Waals surface area contributed by atoms with Crippen molar-refractivity contribution in [3.05, 3.63) is 60.2 Å². The van der Waals surface area contributed by atoms with Gasteiger partial charge < -0.3 is 9.84 Å². The maximum absolute atomic E-state index is 13.4. The first kappa shape index (κ1) is 25.2. The Morgan fingerprint density at radius 1 is 1.03 bits per heavy atom. The Morgan fingerprint density at radius 3 is 2.30 bits per heavy atom. The minimum absolute atomic E-state index is 0.0256. The summed E-state index contributed by atoms with van der Waals surface area (Å²) in [5, 5.41) is 10.0. The monoisotopic (exact) mass is 496 g/mol. The van der Waals surface area contributed by atoms with Crippen LogP contribution in [0.1, 0.15) is 31.2 Å². The number of hydrogen-bond donors (Lipinski definition) is 2. The zero-order chi connectivity index (χ0) is 24.1. The second kappa shape index (κ2) is 10.6. The van der Waals surface area contributed by atoms with Gasteiger partial charge in [0.1, 0.15) is 11.8 Å². The van der Waals surface area contributed by atoms with E-state index in [2.05, 4.69) is 4.72 Å². The summed E-state index contributed by atoms with van der Waals surface area (Å²) < 4.78 is 61.0. The van der Waals surface area contributed by atoms with E-state index in [-0.39, 0.29) is 23.6 Å². The average molecular weight is 497 g/mol. The van der Waals surface area contributed by atoms with Gasteiger partial charge in [-0.3, -0.25) is 4.79 Å². The van der Waals surface area contributed by atoms with E-state index in [1.807, 2.05) is 0 Å². The van der Waals surface area contributed by atoms with Gasteiger partial charge in [-0.1, -0.05) is 43.2 Å². The zero-order valence-corrected chi connectivity index (χ0v) is 19.9. The van der Waals surface area contributed by atoms with Gasteiger partial charge in [-0.25, -0.2) is 21.6 Å². The highest BCUT2D eigenvalue weighted by Gasteiger charge is 2.42. The fraction of sp³-hybridized carbons (Fsp3) is 0.409. The molecule has 1 aliphatic rings. The van der Waals surface area contributed by atoms with Crippen LogP contribution in [0.4, 0.5) is 0 Å². The first-order valence-corrected chi connectivity index (χ1v) is 13.7. The molecule has 1 fully saturated rings. The molecular weight excluding hydrogens is 468 g/mol. The molecule has 0 unspecified atom stereocenters. The van der Waals surface area contributed by atoms with Crippen LogP contribution in [0.2, 0.25) is 0 Å². The van der Waals surface area contributed by atoms with Crippen molar-refractivity contribution in [2.75, 3.05) is 13.7 Å². The second-order valence-corrected chi connectivity index (χ2v) is 11.5. The quantitative estimate of drug-likeness (QED) is 0.573. The molecule has 1 heterocycles. The van der Waals surface area contributed by atoms with E-state index in [0.717, 1.165) is 4.31 Å². The van der Waals surface area contributed by atoms with Gasteiger partial charge in [0, 0.05) is 12.6 Å². The van der Waals surface area contributed by atoms with E-state index in [4.69, 9.17) is 4.74 Å². The molecule has 2 atom stereocenters. The Labute approximate surface area is 194 Å². The van der Waals surface area contributed by atoms with Crippen LogP contribution in [-0.4, -0.2) is 58.0 Å². The van der Waals surface area contributed by atoms with Gasteiger partial charge in [0.2, 0.25) is 20.0 Å². The van der Waals surface area contributed by atoms with Crippen LogP contribution in [0.3, 0.4) is 0 Å². The molecule has 0 spiro atoms. The molecule has 3 rings (SSSR count). The first-order valence-electron chi connectivity index (χ1n) is 10.6. The highest BCUT2D eigenvalue weighted by Crippen LogP contribution is 2.27. The number of carboxylic acids is 1. The predicted octanol–water partition coefficient (Wildman–Crippen LogP) is 2.20. The zero-order valence-electron chi connectivity index (χ0n) is 18.3. The summed E-state index contributed by atoms with van der Waals surface area (Å²) in [6, 6.07) is 11.5. The minimum atomic E-state index is -4.21. The van der Waals surface area contributed by atoms with Crippen LogP contribution in [0.15, 0.2) is 59.5 Å². The van der Waals surface area contributed by atoms with Crippen molar-refractivity contribution in [2.45, 2.75) is 48.4 Å². The Hall–Kier alpha value is -2.47. The fourth-order valence-electron chi connectivity index (χ4n) is 3.94. The number of nitrogens with zero attached hydrogens (tertiary/aromatic N) is 1. The van der Waals surface area contributed by atoms with E-state index in [0.29, 0.717) is 30.6 Å². The van der Waals surface area contributed by atoms with Crippen molar-refractivity contribution in [1.82, 2.24) is 9.03 Å². The van der Waals surface area contributed by atoms with Gasteiger partial charge in [0.15, 0.2) is 0 Å². The maximum atomic E-state index is 13.4. The average Bonchev–Trinajstić information content (AvgIpc) is 2.75. The number of carbonyl (C=O) groups is 1. The summed E-state index contributed by atoms with van der Waals surface area (Å²) in [5.74, 6) is -1.27. The number of methoxy groups -OCH3 is 1. The highest BCUT2D eigenvalue weighted by molar-refractivity contribution is 7.89. The number of nitrogens with one attached hydrogen (secondary N) is 1. The van der Waals surface area contributed by atoms with Crippen molar-refractivity contribution < 1.29 is 31.5 Å². The molecule has 0 radical (unpaired) electrons. The number of sulfonamides is 2. The van der Waals surface area contributed by atoms with Crippen LogP contribution < -0.4 is 9.46 Å². The molecule has 11 heteroatoms. The Kier molecular flexibility index (Phi) is 8.11. The standard InChI is InChI=1S/C22H28N2O7S2/c1-31-18-11-13-19(14-12-18)33(29,30)24-15-7-3-6-10-20(21(24)22(25)26)23-32(27,28)16-17-8-4-2-5-9-17/h2,4-5,8-9,11-14,20-21,23H,3,6-7,10,15-16H2,1H3,(H,25,26)/t20-,21+/m1/s1. The summed E-state index contributed by atoms with van der Waals surface area (Å²) in [7, 11) is -6.68. The lowest BCUT2D eigenvalue weighted by Gasteiger charge is -2.35. The summed E-state index contributed by atoms with van der Waals surface area (Å²) >= 11 is 0. The van der Waals surface area contributed by atoms with E-state index in [1.54, 1.807) is 30.3 Å². The first-order chi connectivity index (χ1) is 15.6. The number of benzene rings is 2. The molecule has 0 aliphatic carbocycles. The lowest BCUT2D eigenvalue weighted by molar-refractivity contribution is -0.142. The SMILES string of the molecule is COc1ccc(S(=O)(=O)N2CCCCC[C@@H](NS(=O)(=O)Cc3ccccc3)[C@H]2C(=O)O)cc1. The summed E-state index contributed by atoms with van der Waals surface area (Å²) in [4.78, 5) is 12.2. The smallest absolute Gasteiger partial charge is 0.323 e. The van der Waals surface area contributed by atoms with E-state index >= 15 is 0 Å². The van der Waals surface area contributed by atoms with Gasteiger partial charge in [-0.2, -0.15) is 4.31 Å². The van der Waals surface area contributed by atoms with Crippen LogP contribution in [-0.2, 0) is 30.6 Å². The topological polar surface area (TPSA) is 130 Å². The van der Waals surface area contributed by atoms with Crippen LogP contribution in [0.25, 0.3) is 0 Å². The molecule has 1 saturated heterocycles. The molecule has 2 aromatic carbocycles. The molecule has 0 amide bonds. The summed E-state index contributed by atoms with van der Waals surface area (Å²) in [6.07, 6.45) is 1.92. The molecule has 0 bridgehead atoms. The molecule has 2 N–H and O–H groups in total. The number of carboxylic acid groups (broad SMARTS) is 1. The third-order valence-electron chi connectivity index (χ3n) is 5.53. The largest absolute Gasteiger partial charge is 0.497 e. The van der Waals surface area contributed by atoms with E-state index < -0.39 is 38.1 Å². The lowest BCUT2D eigenvalue weighted by atomic mass is 9.99. The van der Waals surface area contributed by atoms with Crippen LogP contribution in [0.5, 0.6) is 5.75 Å².